The average Bonchev–Trinajstić information content (AvgIpc) is 3.04. The molecule has 1 N–H and O–H groups in total. The predicted molar refractivity (Wildman–Crippen MR) is 86.8 cm³/mol. The highest BCUT2D eigenvalue weighted by molar-refractivity contribution is 5.45. The summed E-state index contributed by atoms with van der Waals surface area (Å²) in [5.74, 6) is 2.45. The largest absolute Gasteiger partial charge is 0.369 e. The first kappa shape index (κ1) is 13.9. The second-order valence-corrected chi connectivity index (χ2v) is 5.53. The van der Waals surface area contributed by atoms with E-state index in [-0.39, 0.29) is 0 Å². The van der Waals surface area contributed by atoms with Crippen LogP contribution in [0.2, 0.25) is 0 Å². The van der Waals surface area contributed by atoms with Crippen molar-refractivity contribution in [2.45, 2.75) is 25.7 Å². The Hall–Kier alpha value is -2.10. The molecule has 1 aliphatic rings. The van der Waals surface area contributed by atoms with E-state index in [4.69, 9.17) is 0 Å². The van der Waals surface area contributed by atoms with Gasteiger partial charge in [-0.1, -0.05) is 37.3 Å². The number of benzene rings is 1. The molecular weight excluding hydrogens is 260 g/mol. The molecule has 1 saturated heterocycles. The van der Waals surface area contributed by atoms with Crippen LogP contribution in [0, 0.1) is 0 Å². The Kier molecular flexibility index (Phi) is 4.34. The number of anilines is 2. The maximum absolute atomic E-state index is 4.67. The van der Waals surface area contributed by atoms with Crippen molar-refractivity contribution in [1.29, 1.82) is 0 Å². The summed E-state index contributed by atoms with van der Waals surface area (Å²) in [4.78, 5) is 11.3. The highest BCUT2D eigenvalue weighted by Gasteiger charge is 2.24. The lowest BCUT2D eigenvalue weighted by atomic mass is 9.99. The van der Waals surface area contributed by atoms with E-state index < -0.39 is 0 Å². The van der Waals surface area contributed by atoms with Crippen LogP contribution in [0.15, 0.2) is 42.7 Å². The van der Waals surface area contributed by atoms with Crippen molar-refractivity contribution in [3.63, 3.8) is 0 Å². The molecule has 1 aromatic carbocycles. The predicted octanol–water partition coefficient (Wildman–Crippen LogP) is 3.29. The topological polar surface area (TPSA) is 41.1 Å². The maximum atomic E-state index is 4.67. The molecule has 0 saturated carbocycles. The first-order valence-corrected chi connectivity index (χ1v) is 7.72. The molecule has 2 heterocycles. The second kappa shape index (κ2) is 6.57. The molecule has 0 amide bonds. The Morgan fingerprint density at radius 3 is 2.90 bits per heavy atom. The van der Waals surface area contributed by atoms with E-state index in [1.165, 1.54) is 12.0 Å². The van der Waals surface area contributed by atoms with Crippen LogP contribution in [-0.4, -0.2) is 29.6 Å². The normalized spacial score (nSPS) is 18.0. The maximum Gasteiger partial charge on any atom is 0.149 e. The molecule has 3 rings (SSSR count). The number of nitrogens with zero attached hydrogens (tertiary/aromatic N) is 3. The van der Waals surface area contributed by atoms with Gasteiger partial charge in [-0.15, -0.1) is 0 Å². The molecule has 0 radical (unpaired) electrons. The number of hydrogen-bond donors (Lipinski definition) is 1. The zero-order valence-electron chi connectivity index (χ0n) is 12.5. The van der Waals surface area contributed by atoms with Crippen LogP contribution in [0.1, 0.15) is 31.2 Å². The molecule has 1 atom stereocenters. The molecule has 4 heteroatoms. The first-order chi connectivity index (χ1) is 10.4. The van der Waals surface area contributed by atoms with Gasteiger partial charge in [0.05, 0.1) is 12.4 Å². The molecule has 4 nitrogen and oxygen atoms in total. The molecule has 1 unspecified atom stereocenters. The Bertz CT molecular complexity index is 570. The van der Waals surface area contributed by atoms with E-state index in [1.54, 1.807) is 6.20 Å². The highest BCUT2D eigenvalue weighted by atomic mass is 15.2. The summed E-state index contributed by atoms with van der Waals surface area (Å²) in [5, 5.41) is 3.30. The van der Waals surface area contributed by atoms with Gasteiger partial charge in [-0.25, -0.2) is 4.98 Å². The van der Waals surface area contributed by atoms with Crippen molar-refractivity contribution in [2.24, 2.45) is 0 Å². The standard InChI is InChI=1S/C17H22N4/c1-2-9-19-16-11-18-12-17(20-16)21-10-8-15(13-21)14-6-4-3-5-7-14/h3-7,11-12,15H,2,8-10,13H2,1H3,(H,19,20). The molecule has 0 spiro atoms. The van der Waals surface area contributed by atoms with E-state index in [0.717, 1.165) is 37.7 Å². The van der Waals surface area contributed by atoms with E-state index >= 15 is 0 Å². The number of aromatic nitrogens is 2. The summed E-state index contributed by atoms with van der Waals surface area (Å²) < 4.78 is 0. The molecule has 21 heavy (non-hydrogen) atoms. The van der Waals surface area contributed by atoms with Crippen LogP contribution in [0.25, 0.3) is 0 Å². The fraction of sp³-hybridized carbons (Fsp3) is 0.412. The summed E-state index contributed by atoms with van der Waals surface area (Å²) in [6, 6.07) is 10.8. The van der Waals surface area contributed by atoms with Crippen LogP contribution in [0.4, 0.5) is 11.6 Å². The fourth-order valence-electron chi connectivity index (χ4n) is 2.81. The highest BCUT2D eigenvalue weighted by Crippen LogP contribution is 2.29. The number of rotatable bonds is 5. The minimum Gasteiger partial charge on any atom is -0.369 e. The summed E-state index contributed by atoms with van der Waals surface area (Å²) in [7, 11) is 0. The average molecular weight is 282 g/mol. The van der Waals surface area contributed by atoms with Crippen LogP contribution in [0.5, 0.6) is 0 Å². The molecule has 0 bridgehead atoms. The molecule has 1 fully saturated rings. The van der Waals surface area contributed by atoms with E-state index in [2.05, 4.69) is 57.4 Å². The summed E-state index contributed by atoms with van der Waals surface area (Å²) >= 11 is 0. The quantitative estimate of drug-likeness (QED) is 0.913. The molecular formula is C17H22N4. The minimum atomic E-state index is 0.597. The Morgan fingerprint density at radius 2 is 2.10 bits per heavy atom. The van der Waals surface area contributed by atoms with Gasteiger partial charge in [0.2, 0.25) is 0 Å². The van der Waals surface area contributed by atoms with E-state index in [0.29, 0.717) is 5.92 Å². The first-order valence-electron chi connectivity index (χ1n) is 7.72. The van der Waals surface area contributed by atoms with Gasteiger partial charge in [0.15, 0.2) is 0 Å². The zero-order chi connectivity index (χ0) is 14.5. The number of hydrogen-bond acceptors (Lipinski definition) is 4. The summed E-state index contributed by atoms with van der Waals surface area (Å²) in [5.41, 5.74) is 1.42. The molecule has 1 aromatic heterocycles. The van der Waals surface area contributed by atoms with Gasteiger partial charge < -0.3 is 10.2 Å². The smallest absolute Gasteiger partial charge is 0.149 e. The van der Waals surface area contributed by atoms with Gasteiger partial charge in [0.25, 0.3) is 0 Å². The van der Waals surface area contributed by atoms with Gasteiger partial charge in [0.1, 0.15) is 11.6 Å². The Labute approximate surface area is 126 Å². The van der Waals surface area contributed by atoms with Gasteiger partial charge in [-0.3, -0.25) is 4.98 Å². The number of nitrogens with one attached hydrogen (secondary N) is 1. The summed E-state index contributed by atoms with van der Waals surface area (Å²) in [6.07, 6.45) is 5.93. The lowest BCUT2D eigenvalue weighted by Crippen LogP contribution is -2.21. The van der Waals surface area contributed by atoms with Crippen molar-refractivity contribution in [3.8, 4) is 0 Å². The van der Waals surface area contributed by atoms with Crippen molar-refractivity contribution < 1.29 is 0 Å². The van der Waals surface area contributed by atoms with Crippen molar-refractivity contribution in [2.75, 3.05) is 29.9 Å². The molecule has 1 aliphatic heterocycles. The zero-order valence-corrected chi connectivity index (χ0v) is 12.5. The molecule has 0 aliphatic carbocycles. The molecule has 2 aromatic rings. The minimum absolute atomic E-state index is 0.597. The van der Waals surface area contributed by atoms with Gasteiger partial charge in [-0.05, 0) is 18.4 Å². The van der Waals surface area contributed by atoms with Crippen molar-refractivity contribution in [3.05, 3.63) is 48.3 Å². The lowest BCUT2D eigenvalue weighted by molar-refractivity contribution is 0.774. The van der Waals surface area contributed by atoms with Crippen LogP contribution < -0.4 is 10.2 Å². The van der Waals surface area contributed by atoms with Crippen LogP contribution in [0.3, 0.4) is 0 Å². The van der Waals surface area contributed by atoms with Gasteiger partial charge in [-0.2, -0.15) is 0 Å². The van der Waals surface area contributed by atoms with Crippen molar-refractivity contribution in [1.82, 2.24) is 9.97 Å². The monoisotopic (exact) mass is 282 g/mol. The lowest BCUT2D eigenvalue weighted by Gasteiger charge is -2.18. The third-order valence-electron chi connectivity index (χ3n) is 3.96. The van der Waals surface area contributed by atoms with E-state index in [9.17, 15) is 0 Å². The third kappa shape index (κ3) is 3.32. The van der Waals surface area contributed by atoms with Crippen LogP contribution >= 0.6 is 0 Å². The molecule has 110 valence electrons. The Morgan fingerprint density at radius 1 is 1.24 bits per heavy atom. The fourth-order valence-corrected chi connectivity index (χ4v) is 2.81. The SMILES string of the molecule is CCCNc1cncc(N2CCC(c3ccccc3)C2)n1. The van der Waals surface area contributed by atoms with Crippen LogP contribution in [-0.2, 0) is 0 Å². The van der Waals surface area contributed by atoms with Gasteiger partial charge >= 0.3 is 0 Å². The third-order valence-corrected chi connectivity index (χ3v) is 3.96. The van der Waals surface area contributed by atoms with Crippen molar-refractivity contribution >= 4 is 11.6 Å². The Balaban J connectivity index is 1.68. The second-order valence-electron chi connectivity index (χ2n) is 5.53. The van der Waals surface area contributed by atoms with Gasteiger partial charge in [0, 0.05) is 25.6 Å². The summed E-state index contributed by atoms with van der Waals surface area (Å²) in [6.45, 7) is 5.15. The van der Waals surface area contributed by atoms with E-state index in [1.807, 2.05) is 6.20 Å².